The second-order valence-electron chi connectivity index (χ2n) is 4.81. The van der Waals surface area contributed by atoms with E-state index in [9.17, 15) is 4.79 Å². The van der Waals surface area contributed by atoms with Crippen LogP contribution >= 0.6 is 11.3 Å². The fourth-order valence-electron chi connectivity index (χ4n) is 2.26. The van der Waals surface area contributed by atoms with Crippen molar-refractivity contribution < 1.29 is 4.79 Å². The largest absolute Gasteiger partial charge is 0.361 e. The number of thiazole rings is 1. The zero-order valence-electron chi connectivity index (χ0n) is 11.4. The molecule has 0 saturated carbocycles. The highest BCUT2D eigenvalue weighted by molar-refractivity contribution is 7.09. The molecule has 108 valence electrons. The number of H-pyrrole nitrogens is 1. The van der Waals surface area contributed by atoms with Crippen molar-refractivity contribution in [1.29, 1.82) is 0 Å². The van der Waals surface area contributed by atoms with Crippen LogP contribution in [0.1, 0.15) is 10.6 Å². The monoisotopic (exact) mass is 300 g/mol. The Morgan fingerprint density at radius 1 is 1.43 bits per heavy atom. The Balaban J connectivity index is 1.62. The van der Waals surface area contributed by atoms with Gasteiger partial charge in [-0.05, 0) is 18.1 Å². The number of nitrogens with one attached hydrogen (secondary N) is 2. The lowest BCUT2D eigenvalue weighted by molar-refractivity contribution is -0.122. The number of aromatic amines is 1. The van der Waals surface area contributed by atoms with Crippen molar-refractivity contribution in [2.75, 3.05) is 0 Å². The van der Waals surface area contributed by atoms with E-state index in [2.05, 4.69) is 15.3 Å². The van der Waals surface area contributed by atoms with E-state index >= 15 is 0 Å². The van der Waals surface area contributed by atoms with Gasteiger partial charge in [0.1, 0.15) is 5.01 Å². The number of benzene rings is 1. The first kappa shape index (κ1) is 13.8. The highest BCUT2D eigenvalue weighted by Crippen LogP contribution is 2.18. The smallest absolute Gasteiger partial charge is 0.237 e. The first-order valence-corrected chi connectivity index (χ1v) is 7.58. The highest BCUT2D eigenvalue weighted by Gasteiger charge is 2.16. The lowest BCUT2D eigenvalue weighted by Crippen LogP contribution is -2.41. The third-order valence-electron chi connectivity index (χ3n) is 3.35. The van der Waals surface area contributed by atoms with Crippen molar-refractivity contribution in [2.45, 2.75) is 19.0 Å². The quantitative estimate of drug-likeness (QED) is 0.672. The van der Waals surface area contributed by atoms with Gasteiger partial charge in [0.05, 0.1) is 12.6 Å². The topological polar surface area (TPSA) is 83.8 Å². The maximum absolute atomic E-state index is 12.0. The fraction of sp³-hybridized carbons (Fsp3) is 0.200. The number of carbonyl (C=O) groups excluding carboxylic acids is 1. The summed E-state index contributed by atoms with van der Waals surface area (Å²) in [4.78, 5) is 19.3. The summed E-state index contributed by atoms with van der Waals surface area (Å²) in [5, 5.41) is 6.69. The van der Waals surface area contributed by atoms with Crippen LogP contribution in [-0.4, -0.2) is 21.9 Å². The van der Waals surface area contributed by atoms with Crippen LogP contribution in [0, 0.1) is 0 Å². The van der Waals surface area contributed by atoms with Crippen LogP contribution in [0.2, 0.25) is 0 Å². The lowest BCUT2D eigenvalue weighted by Gasteiger charge is -2.11. The molecule has 0 aliphatic rings. The van der Waals surface area contributed by atoms with Gasteiger partial charge in [-0.3, -0.25) is 4.79 Å². The number of para-hydroxylation sites is 1. The molecule has 21 heavy (non-hydrogen) atoms. The molecule has 0 aliphatic carbocycles. The number of carbonyl (C=O) groups is 1. The van der Waals surface area contributed by atoms with E-state index in [1.54, 1.807) is 6.20 Å². The second kappa shape index (κ2) is 6.07. The van der Waals surface area contributed by atoms with Crippen LogP contribution in [0.3, 0.4) is 0 Å². The molecule has 0 unspecified atom stereocenters. The van der Waals surface area contributed by atoms with Gasteiger partial charge in [0.15, 0.2) is 0 Å². The summed E-state index contributed by atoms with van der Waals surface area (Å²) in [5.74, 6) is -0.157. The maximum Gasteiger partial charge on any atom is 0.237 e. The summed E-state index contributed by atoms with van der Waals surface area (Å²) in [6.07, 6.45) is 4.14. The van der Waals surface area contributed by atoms with Crippen molar-refractivity contribution in [3.05, 3.63) is 52.6 Å². The molecule has 5 nitrogen and oxygen atoms in total. The van der Waals surface area contributed by atoms with E-state index in [4.69, 9.17) is 5.73 Å². The van der Waals surface area contributed by atoms with Gasteiger partial charge in [-0.2, -0.15) is 0 Å². The molecule has 1 amide bonds. The third-order valence-corrected chi connectivity index (χ3v) is 4.13. The molecule has 1 atom stereocenters. The summed E-state index contributed by atoms with van der Waals surface area (Å²) in [6, 6.07) is 7.43. The van der Waals surface area contributed by atoms with Crippen LogP contribution in [-0.2, 0) is 17.8 Å². The number of amides is 1. The van der Waals surface area contributed by atoms with Crippen LogP contribution in [0.25, 0.3) is 10.9 Å². The summed E-state index contributed by atoms with van der Waals surface area (Å²) in [5.41, 5.74) is 8.11. The normalized spacial score (nSPS) is 12.4. The molecule has 0 aliphatic heterocycles. The molecule has 2 aromatic heterocycles. The van der Waals surface area contributed by atoms with E-state index in [1.807, 2.05) is 35.8 Å². The van der Waals surface area contributed by atoms with Crippen molar-refractivity contribution in [3.63, 3.8) is 0 Å². The van der Waals surface area contributed by atoms with Crippen LogP contribution in [0.15, 0.2) is 42.0 Å². The molecular formula is C15H16N4OS. The predicted molar refractivity (Wildman–Crippen MR) is 83.9 cm³/mol. The first-order valence-electron chi connectivity index (χ1n) is 6.70. The molecule has 1 aromatic carbocycles. The number of fused-ring (bicyclic) bond motifs is 1. The summed E-state index contributed by atoms with van der Waals surface area (Å²) < 4.78 is 0. The van der Waals surface area contributed by atoms with Gasteiger partial charge >= 0.3 is 0 Å². The Labute approximate surface area is 126 Å². The van der Waals surface area contributed by atoms with Gasteiger partial charge in [-0.1, -0.05) is 18.2 Å². The van der Waals surface area contributed by atoms with Crippen molar-refractivity contribution >= 4 is 28.1 Å². The molecule has 3 rings (SSSR count). The maximum atomic E-state index is 12.0. The van der Waals surface area contributed by atoms with Crippen LogP contribution in [0.4, 0.5) is 0 Å². The number of nitrogens with two attached hydrogens (primary N) is 1. The molecule has 0 fully saturated rings. The molecular weight excluding hydrogens is 284 g/mol. The van der Waals surface area contributed by atoms with Crippen molar-refractivity contribution in [3.8, 4) is 0 Å². The van der Waals surface area contributed by atoms with Gasteiger partial charge in [-0.25, -0.2) is 4.98 Å². The highest BCUT2D eigenvalue weighted by atomic mass is 32.1. The molecule has 0 radical (unpaired) electrons. The number of hydrogen-bond donors (Lipinski definition) is 3. The minimum Gasteiger partial charge on any atom is -0.361 e. The first-order chi connectivity index (χ1) is 10.2. The van der Waals surface area contributed by atoms with Crippen LogP contribution < -0.4 is 11.1 Å². The minimum atomic E-state index is -0.566. The van der Waals surface area contributed by atoms with Gasteiger partial charge < -0.3 is 16.0 Å². The zero-order valence-corrected chi connectivity index (χ0v) is 12.2. The molecule has 6 heteroatoms. The Bertz CT molecular complexity index is 735. The van der Waals surface area contributed by atoms with Crippen molar-refractivity contribution in [1.82, 2.24) is 15.3 Å². The molecule has 0 bridgehead atoms. The SMILES string of the molecule is N[C@H](Cc1c[nH]c2ccccc12)C(=O)NCc1nccs1. The minimum absolute atomic E-state index is 0.157. The Kier molecular flexibility index (Phi) is 3.98. The predicted octanol–water partition coefficient (Wildman–Crippen LogP) is 1.81. The Hall–Kier alpha value is -2.18. The van der Waals surface area contributed by atoms with Gasteiger partial charge in [0, 0.05) is 28.7 Å². The number of aromatic nitrogens is 2. The Morgan fingerprint density at radius 2 is 2.29 bits per heavy atom. The van der Waals surface area contributed by atoms with E-state index in [0.29, 0.717) is 13.0 Å². The third kappa shape index (κ3) is 3.12. The average molecular weight is 300 g/mol. The van der Waals surface area contributed by atoms with E-state index in [0.717, 1.165) is 21.5 Å². The van der Waals surface area contributed by atoms with Crippen molar-refractivity contribution in [2.24, 2.45) is 5.73 Å². The van der Waals surface area contributed by atoms with E-state index in [1.165, 1.54) is 11.3 Å². The second-order valence-corrected chi connectivity index (χ2v) is 5.79. The van der Waals surface area contributed by atoms with E-state index in [-0.39, 0.29) is 5.91 Å². The number of hydrogen-bond acceptors (Lipinski definition) is 4. The van der Waals surface area contributed by atoms with E-state index < -0.39 is 6.04 Å². The Morgan fingerprint density at radius 3 is 3.10 bits per heavy atom. The van der Waals surface area contributed by atoms with Gasteiger partial charge in [-0.15, -0.1) is 11.3 Å². The number of rotatable bonds is 5. The molecule has 4 N–H and O–H groups in total. The average Bonchev–Trinajstić information content (AvgIpc) is 3.15. The summed E-state index contributed by atoms with van der Waals surface area (Å²) in [7, 11) is 0. The van der Waals surface area contributed by atoms with Gasteiger partial charge in [0.25, 0.3) is 0 Å². The van der Waals surface area contributed by atoms with Crippen LogP contribution in [0.5, 0.6) is 0 Å². The summed E-state index contributed by atoms with van der Waals surface area (Å²) >= 11 is 1.51. The van der Waals surface area contributed by atoms with Gasteiger partial charge in [0.2, 0.25) is 5.91 Å². The molecule has 3 aromatic rings. The number of nitrogens with zero attached hydrogens (tertiary/aromatic N) is 1. The summed E-state index contributed by atoms with van der Waals surface area (Å²) in [6.45, 7) is 0.429. The zero-order chi connectivity index (χ0) is 14.7. The standard InChI is InChI=1S/C15H16N4OS/c16-12(15(20)19-9-14-17-5-6-21-14)7-10-8-18-13-4-2-1-3-11(10)13/h1-6,8,12,18H,7,9,16H2,(H,19,20)/t12-/m1/s1. The lowest BCUT2D eigenvalue weighted by atomic mass is 10.1. The molecule has 0 saturated heterocycles. The molecule has 2 heterocycles. The molecule has 0 spiro atoms. The fourth-order valence-corrected chi connectivity index (χ4v) is 2.82.